The van der Waals surface area contributed by atoms with Crippen LogP contribution in [-0.2, 0) is 16.8 Å². The van der Waals surface area contributed by atoms with Crippen LogP contribution < -0.4 is 15.4 Å². The van der Waals surface area contributed by atoms with E-state index in [1.807, 2.05) is 12.2 Å². The maximum atomic E-state index is 13.1. The summed E-state index contributed by atoms with van der Waals surface area (Å²) in [6.45, 7) is 1.47. The zero-order valence-corrected chi connectivity index (χ0v) is 21.6. The highest BCUT2D eigenvalue weighted by atomic mass is 32.2. The van der Waals surface area contributed by atoms with Crippen LogP contribution in [0.15, 0.2) is 47.0 Å². The van der Waals surface area contributed by atoms with Crippen LogP contribution in [0.3, 0.4) is 0 Å². The Labute approximate surface area is 217 Å². The Balaban J connectivity index is 1.09. The fourth-order valence-corrected chi connectivity index (χ4v) is 6.39. The number of amides is 1. The fraction of sp³-hybridized carbons (Fsp3) is 0.538. The molecule has 1 aliphatic heterocycles. The molecule has 0 unspecified atom stereocenters. The number of carbonyl (C=O) groups is 1. The van der Waals surface area contributed by atoms with E-state index in [4.69, 9.17) is 4.52 Å². The maximum absolute atomic E-state index is 13.1. The average molecular weight is 532 g/mol. The topological polar surface area (TPSA) is 117 Å². The lowest BCUT2D eigenvalue weighted by Crippen LogP contribution is -2.51. The van der Waals surface area contributed by atoms with Gasteiger partial charge in [0.1, 0.15) is 11.6 Å². The highest BCUT2D eigenvalue weighted by molar-refractivity contribution is 7.87. The third-order valence-electron chi connectivity index (χ3n) is 7.27. The van der Waals surface area contributed by atoms with Crippen molar-refractivity contribution in [1.29, 1.82) is 0 Å². The first-order valence-electron chi connectivity index (χ1n) is 13.0. The molecule has 1 saturated heterocycles. The molecule has 3 aliphatic rings. The van der Waals surface area contributed by atoms with Crippen molar-refractivity contribution in [2.45, 2.75) is 75.5 Å². The number of hydrogen-bond donors (Lipinski definition) is 3. The minimum atomic E-state index is -3.66. The van der Waals surface area contributed by atoms with Crippen LogP contribution in [0.1, 0.15) is 72.7 Å². The van der Waals surface area contributed by atoms with Crippen molar-refractivity contribution in [3.05, 3.63) is 65.3 Å². The predicted octanol–water partition coefficient (Wildman–Crippen LogP) is 2.99. The third kappa shape index (κ3) is 7.04. The molecule has 0 radical (unpaired) electrons. The van der Waals surface area contributed by atoms with Crippen molar-refractivity contribution in [2.24, 2.45) is 0 Å². The van der Waals surface area contributed by atoms with Crippen molar-refractivity contribution in [3.8, 4) is 0 Å². The van der Waals surface area contributed by atoms with Gasteiger partial charge in [-0.25, -0.2) is 4.39 Å². The number of piperidine rings is 1. The second-order valence-corrected chi connectivity index (χ2v) is 11.9. The number of aromatic nitrogens is 1. The lowest BCUT2D eigenvalue weighted by atomic mass is 10.1. The molecule has 2 atom stereocenters. The van der Waals surface area contributed by atoms with E-state index in [-0.39, 0.29) is 35.5 Å². The van der Waals surface area contributed by atoms with Crippen molar-refractivity contribution in [3.63, 3.8) is 0 Å². The van der Waals surface area contributed by atoms with Gasteiger partial charge in [0.15, 0.2) is 5.69 Å². The van der Waals surface area contributed by atoms with Crippen LogP contribution in [0.2, 0.25) is 0 Å². The standard InChI is InChI=1S/C26H34FN5O4S/c27-20-9-5-18(6-10-20)17-28-21-11-13-32(14-12-21)37(34,35)31-23-4-2-1-3-22(15-23)29-26(33)24-16-25(36-30-24)19-7-8-19/h1-2,5-6,9-10,16,19,21-23,28,31H,3-4,7-8,11-15,17H2,(H,29,33)/t22-,23-/m0/s1. The second-order valence-electron chi connectivity index (χ2n) is 10.2. The number of benzene rings is 1. The van der Waals surface area contributed by atoms with Gasteiger partial charge in [0.2, 0.25) is 0 Å². The quantitative estimate of drug-likeness (QED) is 0.429. The number of hydrogen-bond acceptors (Lipinski definition) is 6. The van der Waals surface area contributed by atoms with Crippen LogP contribution in [0.4, 0.5) is 4.39 Å². The Hall–Kier alpha value is -2.60. The van der Waals surface area contributed by atoms with Crippen molar-refractivity contribution in [1.82, 2.24) is 24.8 Å². The van der Waals surface area contributed by atoms with Crippen molar-refractivity contribution >= 4 is 16.1 Å². The van der Waals surface area contributed by atoms with Crippen LogP contribution in [-0.4, -0.2) is 55.0 Å². The maximum Gasteiger partial charge on any atom is 0.279 e. The Kier molecular flexibility index (Phi) is 8.04. The van der Waals surface area contributed by atoms with Gasteiger partial charge in [0.25, 0.3) is 16.1 Å². The number of nitrogens with zero attached hydrogens (tertiary/aromatic N) is 2. The largest absolute Gasteiger partial charge is 0.360 e. The Morgan fingerprint density at radius 1 is 1.03 bits per heavy atom. The Bertz CT molecular complexity index is 1200. The second kappa shape index (κ2) is 11.4. The molecule has 3 N–H and O–H groups in total. The minimum absolute atomic E-state index is 0.203. The van der Waals surface area contributed by atoms with Crippen LogP contribution in [0.25, 0.3) is 0 Å². The molecule has 0 bridgehead atoms. The summed E-state index contributed by atoms with van der Waals surface area (Å²) in [4.78, 5) is 12.7. The lowest BCUT2D eigenvalue weighted by Gasteiger charge is -2.33. The summed E-state index contributed by atoms with van der Waals surface area (Å²) in [5, 5.41) is 10.3. The molecule has 2 fully saturated rings. The van der Waals surface area contributed by atoms with E-state index >= 15 is 0 Å². The average Bonchev–Trinajstić information content (AvgIpc) is 3.66. The highest BCUT2D eigenvalue weighted by Gasteiger charge is 2.32. The van der Waals surface area contributed by atoms with Gasteiger partial charge >= 0.3 is 0 Å². The van der Waals surface area contributed by atoms with Gasteiger partial charge in [0.05, 0.1) is 0 Å². The van der Waals surface area contributed by atoms with Crippen LogP contribution >= 0.6 is 0 Å². The normalized spacial score (nSPS) is 23.6. The van der Waals surface area contributed by atoms with E-state index in [2.05, 4.69) is 20.5 Å². The molecule has 200 valence electrons. The molecule has 11 heteroatoms. The first kappa shape index (κ1) is 26.0. The highest BCUT2D eigenvalue weighted by Crippen LogP contribution is 2.40. The molecule has 1 aromatic carbocycles. The monoisotopic (exact) mass is 531 g/mol. The van der Waals surface area contributed by atoms with Crippen molar-refractivity contribution in [2.75, 3.05) is 13.1 Å². The first-order chi connectivity index (χ1) is 17.9. The number of carbonyl (C=O) groups excluding carboxylic acids is 1. The SMILES string of the molecule is O=C(N[C@H]1CC=CC[C@H](NS(=O)(=O)N2CCC(NCc3ccc(F)cc3)CC2)C1)c1cc(C2CC2)on1. The Morgan fingerprint density at radius 2 is 1.73 bits per heavy atom. The number of nitrogens with one attached hydrogen (secondary N) is 3. The molecule has 5 rings (SSSR count). The zero-order chi connectivity index (χ0) is 25.8. The van der Waals surface area contributed by atoms with Crippen LogP contribution in [0, 0.1) is 5.82 Å². The zero-order valence-electron chi connectivity index (χ0n) is 20.7. The van der Waals surface area contributed by atoms with Crippen LogP contribution in [0.5, 0.6) is 0 Å². The molecular weight excluding hydrogens is 497 g/mol. The van der Waals surface area contributed by atoms with Gasteiger partial charge in [-0.15, -0.1) is 0 Å². The number of halogens is 1. The summed E-state index contributed by atoms with van der Waals surface area (Å²) in [7, 11) is -3.66. The van der Waals surface area contributed by atoms with E-state index in [1.165, 1.54) is 16.4 Å². The van der Waals surface area contributed by atoms with E-state index in [0.29, 0.717) is 57.7 Å². The smallest absolute Gasteiger partial charge is 0.279 e. The molecule has 37 heavy (non-hydrogen) atoms. The van der Waals surface area contributed by atoms with Gasteiger partial charge in [-0.2, -0.15) is 17.4 Å². The summed E-state index contributed by atoms with van der Waals surface area (Å²) in [6.07, 6.45) is 9.16. The summed E-state index contributed by atoms with van der Waals surface area (Å²) in [5.41, 5.74) is 1.26. The molecule has 1 amide bonds. The van der Waals surface area contributed by atoms with Gasteiger partial charge in [-0.1, -0.05) is 29.4 Å². The fourth-order valence-electron chi connectivity index (χ4n) is 4.94. The molecule has 2 aliphatic carbocycles. The molecular formula is C26H34FN5O4S. The third-order valence-corrected chi connectivity index (χ3v) is 8.95. The van der Waals surface area contributed by atoms with E-state index < -0.39 is 10.2 Å². The molecule has 1 aromatic heterocycles. The first-order valence-corrected chi connectivity index (χ1v) is 14.5. The van der Waals surface area contributed by atoms with E-state index in [9.17, 15) is 17.6 Å². The summed E-state index contributed by atoms with van der Waals surface area (Å²) < 4.78 is 49.0. The summed E-state index contributed by atoms with van der Waals surface area (Å²) in [6, 6.07) is 7.77. The van der Waals surface area contributed by atoms with Gasteiger partial charge in [-0.05, 0) is 62.6 Å². The van der Waals surface area contributed by atoms with Gasteiger partial charge in [-0.3, -0.25) is 4.79 Å². The number of rotatable bonds is 9. The summed E-state index contributed by atoms with van der Waals surface area (Å²) in [5.74, 6) is 0.577. The van der Waals surface area contributed by atoms with Gasteiger partial charge in [0, 0.05) is 49.7 Å². The summed E-state index contributed by atoms with van der Waals surface area (Å²) >= 11 is 0. The van der Waals surface area contributed by atoms with Gasteiger partial charge < -0.3 is 15.2 Å². The predicted molar refractivity (Wildman–Crippen MR) is 136 cm³/mol. The molecule has 2 aromatic rings. The Morgan fingerprint density at radius 3 is 2.43 bits per heavy atom. The van der Waals surface area contributed by atoms with Crippen molar-refractivity contribution < 1.29 is 22.1 Å². The molecule has 1 saturated carbocycles. The van der Waals surface area contributed by atoms with E-state index in [0.717, 1.165) is 24.2 Å². The van der Waals surface area contributed by atoms with E-state index in [1.54, 1.807) is 18.2 Å². The molecule has 0 spiro atoms. The molecule has 9 nitrogen and oxygen atoms in total. The molecule has 2 heterocycles. The lowest BCUT2D eigenvalue weighted by molar-refractivity contribution is 0.0925. The minimum Gasteiger partial charge on any atom is -0.360 e.